The van der Waals surface area contributed by atoms with Crippen LogP contribution < -0.4 is 5.73 Å². The molecule has 6 aliphatic rings. The summed E-state index contributed by atoms with van der Waals surface area (Å²) in [5.74, 6) is 0.515. The molecule has 0 spiro atoms. The Balaban J connectivity index is 1.36. The van der Waals surface area contributed by atoms with Crippen molar-refractivity contribution in [1.82, 2.24) is 0 Å². The number of hydrogen-bond acceptors (Lipinski definition) is 6. The molecule has 1 aliphatic heterocycles. The average Bonchev–Trinajstić information content (AvgIpc) is 3.00. The summed E-state index contributed by atoms with van der Waals surface area (Å²) in [6, 6.07) is -0.0138. The van der Waals surface area contributed by atoms with E-state index in [9.17, 15) is 14.7 Å². The molecule has 2 bridgehead atoms. The minimum atomic E-state index is -0.635. The molecule has 1 saturated heterocycles. The molecule has 266 valence electrons. The highest BCUT2D eigenvalue weighted by atomic mass is 16.6. The molecule has 12 atom stereocenters. The SMILES string of the molecule is CC(=O)O[C@@H]1C[C@@]23COC[C@@](C)([C@@H]2CC[C@H]2C3=CC[C@@]3(C)[C@H](C(=O)O)[C@@](C)([C@H](C)C(C)C)CC[C@]23C)[C@H]1OCC(N)C1CCCCC1. The van der Waals surface area contributed by atoms with Crippen LogP contribution in [0, 0.1) is 62.6 Å². The van der Waals surface area contributed by atoms with Crippen LogP contribution in [0.25, 0.3) is 0 Å². The van der Waals surface area contributed by atoms with Crippen molar-refractivity contribution in [2.24, 2.45) is 68.3 Å². The zero-order valence-electron chi connectivity index (χ0n) is 30.7. The molecule has 7 heteroatoms. The zero-order chi connectivity index (χ0) is 34.2. The van der Waals surface area contributed by atoms with Gasteiger partial charge in [0.15, 0.2) is 0 Å². The Morgan fingerprint density at radius 1 is 1.00 bits per heavy atom. The van der Waals surface area contributed by atoms with Gasteiger partial charge in [0, 0.05) is 23.8 Å². The molecule has 47 heavy (non-hydrogen) atoms. The van der Waals surface area contributed by atoms with Crippen LogP contribution in [0.4, 0.5) is 0 Å². The van der Waals surface area contributed by atoms with Crippen molar-refractivity contribution in [3.63, 3.8) is 0 Å². The maximum absolute atomic E-state index is 13.4. The van der Waals surface area contributed by atoms with Crippen molar-refractivity contribution in [2.75, 3.05) is 19.8 Å². The summed E-state index contributed by atoms with van der Waals surface area (Å²) < 4.78 is 19.7. The Morgan fingerprint density at radius 2 is 1.70 bits per heavy atom. The fourth-order valence-electron chi connectivity index (χ4n) is 13.1. The minimum absolute atomic E-state index is 0.0138. The number of fused-ring (bicyclic) bond motifs is 3. The second-order valence-electron chi connectivity index (χ2n) is 18.5. The van der Waals surface area contributed by atoms with E-state index in [2.05, 4.69) is 54.5 Å². The Labute approximate surface area is 284 Å². The normalized spacial score (nSPS) is 46.3. The van der Waals surface area contributed by atoms with E-state index in [1.165, 1.54) is 44.6 Å². The quantitative estimate of drug-likeness (QED) is 0.203. The molecule has 0 aromatic heterocycles. The van der Waals surface area contributed by atoms with Gasteiger partial charge in [0.2, 0.25) is 0 Å². The van der Waals surface area contributed by atoms with E-state index >= 15 is 0 Å². The first-order valence-electron chi connectivity index (χ1n) is 19.1. The van der Waals surface area contributed by atoms with Crippen LogP contribution in [0.2, 0.25) is 0 Å². The predicted molar refractivity (Wildman–Crippen MR) is 183 cm³/mol. The van der Waals surface area contributed by atoms with Gasteiger partial charge in [-0.25, -0.2) is 0 Å². The van der Waals surface area contributed by atoms with Crippen LogP contribution in [0.1, 0.15) is 126 Å². The first-order chi connectivity index (χ1) is 22.0. The van der Waals surface area contributed by atoms with Crippen LogP contribution in [0.3, 0.4) is 0 Å². The lowest BCUT2D eigenvalue weighted by Gasteiger charge is -2.71. The smallest absolute Gasteiger partial charge is 0.307 e. The first-order valence-corrected chi connectivity index (χ1v) is 19.1. The molecule has 7 nitrogen and oxygen atoms in total. The second-order valence-corrected chi connectivity index (χ2v) is 18.5. The number of esters is 1. The molecule has 4 saturated carbocycles. The molecule has 0 aromatic rings. The molecule has 1 unspecified atom stereocenters. The molecule has 0 amide bonds. The van der Waals surface area contributed by atoms with Gasteiger partial charge in [-0.05, 0) is 97.2 Å². The van der Waals surface area contributed by atoms with Crippen molar-refractivity contribution < 1.29 is 28.9 Å². The number of carbonyl (C=O) groups excluding carboxylic acids is 1. The largest absolute Gasteiger partial charge is 0.481 e. The summed E-state index contributed by atoms with van der Waals surface area (Å²) >= 11 is 0. The molecule has 0 radical (unpaired) electrons. The zero-order valence-corrected chi connectivity index (χ0v) is 30.7. The highest BCUT2D eigenvalue weighted by Gasteiger charge is 2.72. The van der Waals surface area contributed by atoms with Gasteiger partial charge in [0.05, 0.1) is 25.7 Å². The number of aliphatic carboxylic acids is 1. The summed E-state index contributed by atoms with van der Waals surface area (Å²) in [6.07, 6.45) is 13.4. The molecule has 3 N–H and O–H groups in total. The first kappa shape index (κ1) is 35.4. The molecule has 6 rings (SSSR count). The average molecular weight is 656 g/mol. The second kappa shape index (κ2) is 12.4. The lowest BCUT2D eigenvalue weighted by molar-refractivity contribution is -0.267. The number of carboxylic acid groups (broad SMARTS) is 1. The van der Waals surface area contributed by atoms with E-state index in [-0.39, 0.29) is 57.2 Å². The van der Waals surface area contributed by atoms with Crippen LogP contribution in [-0.4, -0.2) is 55.1 Å². The third-order valence-electron chi connectivity index (χ3n) is 16.1. The highest BCUT2D eigenvalue weighted by molar-refractivity contribution is 5.73. The lowest BCUT2D eigenvalue weighted by Crippen LogP contribution is -2.70. The van der Waals surface area contributed by atoms with E-state index in [4.69, 9.17) is 19.9 Å². The van der Waals surface area contributed by atoms with Gasteiger partial charge >= 0.3 is 11.9 Å². The predicted octanol–water partition coefficient (Wildman–Crippen LogP) is 7.80. The lowest BCUT2D eigenvalue weighted by atomic mass is 9.34. The van der Waals surface area contributed by atoms with Gasteiger partial charge < -0.3 is 25.1 Å². The van der Waals surface area contributed by atoms with Crippen LogP contribution in [-0.2, 0) is 23.8 Å². The van der Waals surface area contributed by atoms with Gasteiger partial charge in [0.1, 0.15) is 12.2 Å². The summed E-state index contributed by atoms with van der Waals surface area (Å²) in [5, 5.41) is 11.0. The Kier molecular flexibility index (Phi) is 9.34. The molecular weight excluding hydrogens is 590 g/mol. The van der Waals surface area contributed by atoms with Crippen LogP contribution in [0.5, 0.6) is 0 Å². The van der Waals surface area contributed by atoms with Gasteiger partial charge in [-0.3, -0.25) is 9.59 Å². The Hall–Kier alpha value is -1.44. The monoisotopic (exact) mass is 655 g/mol. The molecule has 5 aliphatic carbocycles. The third kappa shape index (κ3) is 5.29. The number of allylic oxidation sites excluding steroid dienone is 1. The van der Waals surface area contributed by atoms with Crippen molar-refractivity contribution >= 4 is 11.9 Å². The summed E-state index contributed by atoms with van der Waals surface area (Å²) in [5.41, 5.74) is 6.86. The summed E-state index contributed by atoms with van der Waals surface area (Å²) in [4.78, 5) is 26.0. The maximum atomic E-state index is 13.4. The fraction of sp³-hybridized carbons (Fsp3) is 0.900. The van der Waals surface area contributed by atoms with E-state index < -0.39 is 11.9 Å². The van der Waals surface area contributed by atoms with E-state index in [1.54, 1.807) is 0 Å². The number of carboxylic acids is 1. The molecule has 1 heterocycles. The van der Waals surface area contributed by atoms with Crippen molar-refractivity contribution in [3.8, 4) is 0 Å². The fourth-order valence-corrected chi connectivity index (χ4v) is 13.1. The molecule has 5 fully saturated rings. The van der Waals surface area contributed by atoms with Gasteiger partial charge in [0.25, 0.3) is 0 Å². The Bertz CT molecular complexity index is 1240. The standard InChI is InChI=1S/C40H65NO6/c1-24(2)25(3)36(5)18-19-38(7)28-14-15-32-37(6)22-45-23-40(32,29(28)16-17-39(38,8)33(36)35(43)44)20-31(47-26(4)42)34(37)46-21-30(41)27-12-10-9-11-13-27/h16,24-25,27-28,30-34H,9-15,17-23,41H2,1-8H3,(H,43,44)/t25-,28+,30?,31-,32+,33-,34+,36-,37+,38-,39+,40+/m1/s1. The molecular formula is C40H65NO6. The number of hydrogen-bond donors (Lipinski definition) is 2. The number of rotatable bonds is 8. The maximum Gasteiger partial charge on any atom is 0.307 e. The number of carbonyl (C=O) groups is 2. The van der Waals surface area contributed by atoms with Gasteiger partial charge in [-0.1, -0.05) is 79.4 Å². The minimum Gasteiger partial charge on any atom is -0.481 e. The van der Waals surface area contributed by atoms with Gasteiger partial charge in [-0.2, -0.15) is 0 Å². The topological polar surface area (TPSA) is 108 Å². The van der Waals surface area contributed by atoms with Crippen LogP contribution in [0.15, 0.2) is 11.6 Å². The highest BCUT2D eigenvalue weighted by Crippen LogP contribution is 2.75. The van der Waals surface area contributed by atoms with E-state index in [1.807, 2.05) is 0 Å². The van der Waals surface area contributed by atoms with Crippen molar-refractivity contribution in [3.05, 3.63) is 11.6 Å². The number of nitrogens with two attached hydrogens (primary N) is 1. The van der Waals surface area contributed by atoms with Crippen LogP contribution >= 0.6 is 0 Å². The van der Waals surface area contributed by atoms with Gasteiger partial charge in [-0.15, -0.1) is 0 Å². The molecule has 0 aromatic carbocycles. The van der Waals surface area contributed by atoms with Crippen molar-refractivity contribution in [2.45, 2.75) is 144 Å². The van der Waals surface area contributed by atoms with E-state index in [0.717, 1.165) is 32.1 Å². The summed E-state index contributed by atoms with van der Waals surface area (Å²) in [6.45, 7) is 19.3. The Morgan fingerprint density at radius 3 is 2.34 bits per heavy atom. The van der Waals surface area contributed by atoms with Crippen molar-refractivity contribution in [1.29, 1.82) is 0 Å². The number of ether oxygens (including phenoxy) is 3. The van der Waals surface area contributed by atoms with E-state index in [0.29, 0.717) is 49.9 Å². The summed E-state index contributed by atoms with van der Waals surface area (Å²) in [7, 11) is 0. The third-order valence-corrected chi connectivity index (χ3v) is 16.1.